The minimum atomic E-state index is 0.259. The van der Waals surface area contributed by atoms with E-state index in [1.165, 1.54) is 32.8 Å². The Labute approximate surface area is 119 Å². The van der Waals surface area contributed by atoms with E-state index in [1.54, 1.807) is 0 Å². The Bertz CT molecular complexity index is 397. The number of hydrazine groups is 1. The first kappa shape index (κ1) is 14.8. The molecule has 7 heteroatoms. The van der Waals surface area contributed by atoms with Crippen molar-refractivity contribution in [3.8, 4) is 6.01 Å². The van der Waals surface area contributed by atoms with Gasteiger partial charge in [0.05, 0.1) is 7.11 Å². The number of methoxy groups -OCH3 is 1. The van der Waals surface area contributed by atoms with Crippen LogP contribution in [0.25, 0.3) is 0 Å². The van der Waals surface area contributed by atoms with Crippen LogP contribution in [0.2, 0.25) is 0 Å². The zero-order valence-corrected chi connectivity index (χ0v) is 12.2. The summed E-state index contributed by atoms with van der Waals surface area (Å²) in [6.45, 7) is 2.25. The molecule has 0 atom stereocenters. The number of ether oxygens (including phenoxy) is 1. The van der Waals surface area contributed by atoms with Gasteiger partial charge in [0.15, 0.2) is 0 Å². The van der Waals surface area contributed by atoms with Gasteiger partial charge in [0, 0.05) is 6.04 Å². The van der Waals surface area contributed by atoms with Crippen LogP contribution in [0.3, 0.4) is 0 Å². The molecule has 0 spiro atoms. The third-order valence-corrected chi connectivity index (χ3v) is 3.80. The van der Waals surface area contributed by atoms with Crippen LogP contribution in [0.4, 0.5) is 11.9 Å². The summed E-state index contributed by atoms with van der Waals surface area (Å²) in [6, 6.07) is 0.677. The van der Waals surface area contributed by atoms with Gasteiger partial charge in [-0.15, -0.1) is 0 Å². The van der Waals surface area contributed by atoms with Crippen molar-refractivity contribution in [1.82, 2.24) is 15.0 Å². The predicted molar refractivity (Wildman–Crippen MR) is 78.5 cm³/mol. The van der Waals surface area contributed by atoms with Gasteiger partial charge in [-0.3, -0.25) is 5.43 Å². The fraction of sp³-hybridized carbons (Fsp3) is 0.769. The number of rotatable bonds is 6. The van der Waals surface area contributed by atoms with E-state index in [4.69, 9.17) is 10.6 Å². The van der Waals surface area contributed by atoms with Gasteiger partial charge in [0.25, 0.3) is 0 Å². The lowest BCUT2D eigenvalue weighted by Crippen LogP contribution is -2.27. The molecule has 1 aliphatic rings. The smallest absolute Gasteiger partial charge is 0.322 e. The van der Waals surface area contributed by atoms with Crippen molar-refractivity contribution < 1.29 is 4.74 Å². The van der Waals surface area contributed by atoms with Crippen molar-refractivity contribution in [3.63, 3.8) is 0 Å². The summed E-state index contributed by atoms with van der Waals surface area (Å²) >= 11 is 0. The van der Waals surface area contributed by atoms with Gasteiger partial charge in [0.2, 0.25) is 11.9 Å². The molecule has 0 aromatic carbocycles. The highest BCUT2D eigenvalue weighted by atomic mass is 16.5. The maximum atomic E-state index is 5.34. The molecular weight excluding hydrogens is 256 g/mol. The second kappa shape index (κ2) is 7.23. The number of aromatic nitrogens is 3. The molecule has 0 saturated heterocycles. The second-order valence-corrected chi connectivity index (χ2v) is 5.26. The molecule has 1 aromatic heterocycles. The summed E-state index contributed by atoms with van der Waals surface area (Å²) in [7, 11) is 1.52. The number of nitrogens with one attached hydrogen (secondary N) is 2. The lowest BCUT2D eigenvalue weighted by Gasteiger charge is -2.28. The van der Waals surface area contributed by atoms with Crippen molar-refractivity contribution in [2.45, 2.75) is 51.5 Å². The van der Waals surface area contributed by atoms with Crippen LogP contribution in [0, 0.1) is 5.92 Å². The van der Waals surface area contributed by atoms with Crippen molar-refractivity contribution in [2.24, 2.45) is 11.8 Å². The molecule has 0 amide bonds. The minimum Gasteiger partial charge on any atom is -0.467 e. The summed E-state index contributed by atoms with van der Waals surface area (Å²) in [5, 5.41) is 3.36. The lowest BCUT2D eigenvalue weighted by atomic mass is 9.83. The molecule has 4 N–H and O–H groups in total. The van der Waals surface area contributed by atoms with E-state index >= 15 is 0 Å². The first-order valence-corrected chi connectivity index (χ1v) is 7.28. The molecule has 7 nitrogen and oxygen atoms in total. The summed E-state index contributed by atoms with van der Waals surface area (Å²) in [4.78, 5) is 12.4. The molecule has 1 saturated carbocycles. The van der Waals surface area contributed by atoms with E-state index in [2.05, 4.69) is 32.6 Å². The Morgan fingerprint density at radius 2 is 1.85 bits per heavy atom. The number of anilines is 2. The van der Waals surface area contributed by atoms with E-state index in [0.29, 0.717) is 17.9 Å². The first-order chi connectivity index (χ1) is 9.75. The topological polar surface area (TPSA) is 98.0 Å². The van der Waals surface area contributed by atoms with Gasteiger partial charge >= 0.3 is 6.01 Å². The highest BCUT2D eigenvalue weighted by Gasteiger charge is 2.21. The quantitative estimate of drug-likeness (QED) is 0.541. The molecule has 0 bridgehead atoms. The maximum Gasteiger partial charge on any atom is 0.322 e. The largest absolute Gasteiger partial charge is 0.467 e. The zero-order chi connectivity index (χ0) is 14.4. The Hall–Kier alpha value is -1.63. The average Bonchev–Trinajstić information content (AvgIpc) is 2.49. The number of hydrogen-bond donors (Lipinski definition) is 3. The third kappa shape index (κ3) is 3.93. The van der Waals surface area contributed by atoms with E-state index in [9.17, 15) is 0 Å². The van der Waals surface area contributed by atoms with Crippen LogP contribution in [-0.4, -0.2) is 28.1 Å². The van der Waals surface area contributed by atoms with Crippen LogP contribution in [0.1, 0.15) is 45.4 Å². The maximum absolute atomic E-state index is 5.34. The number of nitrogen functional groups attached to an aromatic ring is 1. The molecule has 112 valence electrons. The minimum absolute atomic E-state index is 0.259. The molecule has 20 heavy (non-hydrogen) atoms. The van der Waals surface area contributed by atoms with E-state index < -0.39 is 0 Å². The number of nitrogens with zero attached hydrogens (tertiary/aromatic N) is 3. The molecular formula is C13H24N6O. The molecule has 1 aliphatic carbocycles. The standard InChI is InChI=1S/C13H24N6O/c1-3-4-9-5-7-10(8-6-9)15-11-16-12(19-14)18-13(17-11)20-2/h9-10H,3-8,14H2,1-2H3,(H2,15,16,17,18,19). The fourth-order valence-corrected chi connectivity index (χ4v) is 2.76. The zero-order valence-electron chi connectivity index (χ0n) is 12.2. The molecule has 0 unspecified atom stereocenters. The highest BCUT2D eigenvalue weighted by Crippen LogP contribution is 2.29. The third-order valence-electron chi connectivity index (χ3n) is 3.80. The van der Waals surface area contributed by atoms with Crippen LogP contribution in [-0.2, 0) is 0 Å². The summed E-state index contributed by atoms with van der Waals surface area (Å²) in [5.41, 5.74) is 2.42. The molecule has 0 radical (unpaired) electrons. The predicted octanol–water partition coefficient (Wildman–Crippen LogP) is 1.94. The monoisotopic (exact) mass is 280 g/mol. The van der Waals surface area contributed by atoms with E-state index in [0.717, 1.165) is 18.8 Å². The highest BCUT2D eigenvalue weighted by molar-refractivity contribution is 5.35. The van der Waals surface area contributed by atoms with Crippen LogP contribution >= 0.6 is 0 Å². The lowest BCUT2D eigenvalue weighted by molar-refractivity contribution is 0.318. The van der Waals surface area contributed by atoms with Crippen LogP contribution in [0.15, 0.2) is 0 Å². The van der Waals surface area contributed by atoms with Gasteiger partial charge in [-0.1, -0.05) is 19.8 Å². The Morgan fingerprint density at radius 1 is 1.15 bits per heavy atom. The van der Waals surface area contributed by atoms with Gasteiger partial charge in [0.1, 0.15) is 0 Å². The summed E-state index contributed by atoms with van der Waals surface area (Å²) in [6.07, 6.45) is 7.48. The molecule has 1 aromatic rings. The van der Waals surface area contributed by atoms with Gasteiger partial charge in [-0.2, -0.15) is 15.0 Å². The van der Waals surface area contributed by atoms with Crippen molar-refractivity contribution >= 4 is 11.9 Å². The van der Waals surface area contributed by atoms with Crippen LogP contribution < -0.4 is 21.3 Å². The van der Waals surface area contributed by atoms with E-state index in [-0.39, 0.29) is 6.01 Å². The number of hydrogen-bond acceptors (Lipinski definition) is 7. The van der Waals surface area contributed by atoms with Gasteiger partial charge in [-0.05, 0) is 31.6 Å². The molecule has 1 fully saturated rings. The van der Waals surface area contributed by atoms with Crippen molar-refractivity contribution in [1.29, 1.82) is 0 Å². The van der Waals surface area contributed by atoms with Crippen molar-refractivity contribution in [3.05, 3.63) is 0 Å². The normalized spacial score (nSPS) is 22.4. The summed E-state index contributed by atoms with van der Waals surface area (Å²) < 4.78 is 5.04. The van der Waals surface area contributed by atoms with Gasteiger partial charge in [-0.25, -0.2) is 5.84 Å². The average molecular weight is 280 g/mol. The molecule has 1 heterocycles. The molecule has 0 aliphatic heterocycles. The van der Waals surface area contributed by atoms with E-state index in [1.807, 2.05) is 0 Å². The first-order valence-electron chi connectivity index (χ1n) is 7.28. The summed E-state index contributed by atoms with van der Waals surface area (Å²) in [5.74, 6) is 7.04. The second-order valence-electron chi connectivity index (χ2n) is 5.26. The molecule has 2 rings (SSSR count). The van der Waals surface area contributed by atoms with Crippen LogP contribution in [0.5, 0.6) is 6.01 Å². The van der Waals surface area contributed by atoms with Gasteiger partial charge < -0.3 is 10.1 Å². The Kier molecular flexibility index (Phi) is 5.34. The SMILES string of the molecule is CCCC1CCC(Nc2nc(NN)nc(OC)n2)CC1. The van der Waals surface area contributed by atoms with Crippen molar-refractivity contribution in [2.75, 3.05) is 17.9 Å². The Balaban J connectivity index is 1.93. The number of nitrogens with two attached hydrogens (primary N) is 1. The Morgan fingerprint density at radius 3 is 2.45 bits per heavy atom. The fourth-order valence-electron chi connectivity index (χ4n) is 2.76.